The second-order valence-corrected chi connectivity index (χ2v) is 16.9. The standard InChI is InChI=1S/C39H45F2N11O9S3/c1-7-51(8-2)31-19-27(29(21-33(31)60-5)49-47-23-11-13-25(40)35(17-23)63(54,55)56)42-37-44-38(46-39(45-37)62-16-15-53)43-28-20-32(52(9-3)10-4)34(61-6)22-30(28)50-48-24-12-14-26(41)36(18-24)64(57,58)59/h11-14,17-22,53H,7-10,15-16H2,1-6H3,(H,54,55,56)(H,57,58,59)(H2,42,43,44,45,46)/b49-47+,50-48+. The van der Waals surface area contributed by atoms with Gasteiger partial charge in [0, 0.05) is 44.1 Å². The van der Waals surface area contributed by atoms with E-state index in [0.717, 1.165) is 36.0 Å². The van der Waals surface area contributed by atoms with Crippen LogP contribution in [0, 0.1) is 11.6 Å². The number of ether oxygens (including phenoxy) is 2. The van der Waals surface area contributed by atoms with E-state index in [1.54, 1.807) is 24.3 Å². The molecule has 5 aromatic rings. The van der Waals surface area contributed by atoms with Crippen molar-refractivity contribution in [1.29, 1.82) is 0 Å². The minimum absolute atomic E-state index is 0.0230. The number of rotatable bonds is 21. The van der Waals surface area contributed by atoms with E-state index < -0.39 is 41.7 Å². The van der Waals surface area contributed by atoms with Gasteiger partial charge in [0.05, 0.1) is 55.0 Å². The number of azo groups is 2. The third-order valence-electron chi connectivity index (χ3n) is 9.16. The van der Waals surface area contributed by atoms with E-state index >= 15 is 0 Å². The molecule has 1 heterocycles. The number of methoxy groups -OCH3 is 2. The molecular formula is C39H45F2N11O9S3. The molecule has 0 spiro atoms. The third kappa shape index (κ3) is 12.1. The molecule has 20 nitrogen and oxygen atoms in total. The number of thioether (sulfide) groups is 1. The maximum Gasteiger partial charge on any atom is 0.297 e. The van der Waals surface area contributed by atoms with Crippen molar-refractivity contribution in [2.45, 2.75) is 42.6 Å². The van der Waals surface area contributed by atoms with E-state index in [9.17, 15) is 39.8 Å². The molecule has 0 aliphatic heterocycles. The van der Waals surface area contributed by atoms with Crippen LogP contribution in [0.5, 0.6) is 11.5 Å². The van der Waals surface area contributed by atoms with Crippen molar-refractivity contribution in [2.75, 3.05) is 73.2 Å². The maximum absolute atomic E-state index is 14.3. The number of hydrogen-bond donors (Lipinski definition) is 5. The van der Waals surface area contributed by atoms with Crippen molar-refractivity contribution in [2.24, 2.45) is 20.5 Å². The Morgan fingerprint density at radius 3 is 1.39 bits per heavy atom. The number of nitrogens with zero attached hydrogens (tertiary/aromatic N) is 9. The molecule has 5 rings (SSSR count). The predicted molar refractivity (Wildman–Crippen MR) is 238 cm³/mol. The zero-order chi connectivity index (χ0) is 46.8. The van der Waals surface area contributed by atoms with E-state index in [4.69, 9.17) is 9.47 Å². The fourth-order valence-corrected chi connectivity index (χ4v) is 7.81. The highest BCUT2D eigenvalue weighted by atomic mass is 32.2. The molecule has 64 heavy (non-hydrogen) atoms. The zero-order valence-corrected chi connectivity index (χ0v) is 37.8. The number of nitrogens with one attached hydrogen (secondary N) is 2. The fraction of sp³-hybridized carbons (Fsp3) is 0.308. The predicted octanol–water partition coefficient (Wildman–Crippen LogP) is 8.76. The van der Waals surface area contributed by atoms with Crippen LogP contribution >= 0.6 is 11.8 Å². The normalized spacial score (nSPS) is 11.9. The summed E-state index contributed by atoms with van der Waals surface area (Å²) in [6, 6.07) is 12.2. The van der Waals surface area contributed by atoms with Crippen LogP contribution < -0.4 is 29.9 Å². The summed E-state index contributed by atoms with van der Waals surface area (Å²) >= 11 is 1.11. The Labute approximate surface area is 372 Å². The van der Waals surface area contributed by atoms with Gasteiger partial charge >= 0.3 is 0 Å². The van der Waals surface area contributed by atoms with Gasteiger partial charge in [-0.15, -0.1) is 10.2 Å². The number of aliphatic hydroxyl groups is 1. The SMILES string of the molecule is CCN(CC)c1cc(Nc2nc(Nc3cc(N(CC)CC)c(OC)cc3/N=N/c3ccc(F)c(S(=O)(=O)O)c3)nc(SCCO)n2)c(/N=N/c2ccc(F)c(S(=O)(=O)O)c2)cc1OC. The molecule has 0 saturated heterocycles. The monoisotopic (exact) mass is 945 g/mol. The van der Waals surface area contributed by atoms with Crippen molar-refractivity contribution < 1.29 is 49.3 Å². The summed E-state index contributed by atoms with van der Waals surface area (Å²) in [7, 11) is -6.90. The molecule has 0 bridgehead atoms. The Balaban J connectivity index is 1.66. The molecule has 4 aromatic carbocycles. The van der Waals surface area contributed by atoms with Gasteiger partial charge in [-0.05, 0) is 76.2 Å². The highest BCUT2D eigenvalue weighted by Crippen LogP contribution is 2.43. The van der Waals surface area contributed by atoms with Crippen molar-refractivity contribution in [3.63, 3.8) is 0 Å². The van der Waals surface area contributed by atoms with Crippen molar-refractivity contribution in [3.8, 4) is 11.5 Å². The minimum atomic E-state index is -4.92. The van der Waals surface area contributed by atoms with Crippen molar-refractivity contribution in [3.05, 3.63) is 72.3 Å². The van der Waals surface area contributed by atoms with Gasteiger partial charge in [-0.25, -0.2) is 8.78 Å². The van der Waals surface area contributed by atoms with Crippen LogP contribution in [-0.2, 0) is 20.2 Å². The Hall–Kier alpha value is -6.12. The Kier molecular flexibility index (Phi) is 16.4. The van der Waals surface area contributed by atoms with Crippen LogP contribution in [0.15, 0.2) is 96.1 Å². The summed E-state index contributed by atoms with van der Waals surface area (Å²) in [6.07, 6.45) is 0. The molecule has 1 aromatic heterocycles. The lowest BCUT2D eigenvalue weighted by Gasteiger charge is -2.25. The van der Waals surface area contributed by atoms with Crippen LogP contribution in [0.2, 0.25) is 0 Å². The molecular weight excluding hydrogens is 901 g/mol. The first-order valence-corrected chi connectivity index (χ1v) is 23.2. The van der Waals surface area contributed by atoms with Gasteiger partial charge in [-0.3, -0.25) is 9.11 Å². The highest BCUT2D eigenvalue weighted by molar-refractivity contribution is 7.99. The Morgan fingerprint density at radius 2 is 1.05 bits per heavy atom. The highest BCUT2D eigenvalue weighted by Gasteiger charge is 2.21. The number of anilines is 6. The Morgan fingerprint density at radius 1 is 0.641 bits per heavy atom. The molecule has 0 amide bonds. The van der Waals surface area contributed by atoms with Gasteiger partial charge < -0.3 is 35.0 Å². The number of hydrogen-bond acceptors (Lipinski definition) is 19. The third-order valence-corrected chi connectivity index (χ3v) is 11.7. The first kappa shape index (κ1) is 48.9. The van der Waals surface area contributed by atoms with Crippen LogP contribution in [-0.4, -0.2) is 98.8 Å². The summed E-state index contributed by atoms with van der Waals surface area (Å²) in [5.74, 6) is -1.40. The second kappa shape index (κ2) is 21.5. The van der Waals surface area contributed by atoms with E-state index in [1.807, 2.05) is 37.5 Å². The van der Waals surface area contributed by atoms with E-state index in [1.165, 1.54) is 26.4 Å². The van der Waals surface area contributed by atoms with Gasteiger partial charge in [0.2, 0.25) is 11.9 Å². The number of aromatic nitrogens is 3. The molecule has 0 aliphatic carbocycles. The van der Waals surface area contributed by atoms with E-state index in [-0.39, 0.29) is 63.5 Å². The van der Waals surface area contributed by atoms with E-state index in [0.29, 0.717) is 49.1 Å². The molecule has 0 saturated carbocycles. The number of aliphatic hydroxyl groups excluding tert-OH is 1. The summed E-state index contributed by atoms with van der Waals surface area (Å²) in [6.45, 7) is 9.95. The average molecular weight is 946 g/mol. The largest absolute Gasteiger partial charge is 0.494 e. The molecule has 0 fully saturated rings. The average Bonchev–Trinajstić information content (AvgIpc) is 3.25. The smallest absolute Gasteiger partial charge is 0.297 e. The van der Waals surface area contributed by atoms with Gasteiger partial charge in [0.1, 0.15) is 44.3 Å². The van der Waals surface area contributed by atoms with Gasteiger partial charge in [-0.1, -0.05) is 11.8 Å². The topological polar surface area (TPSA) is 266 Å². The summed E-state index contributed by atoms with van der Waals surface area (Å²) in [4.78, 5) is 15.8. The molecule has 342 valence electrons. The molecule has 0 radical (unpaired) electrons. The molecule has 0 aliphatic rings. The molecule has 25 heteroatoms. The Bertz CT molecular complexity index is 2580. The van der Waals surface area contributed by atoms with Crippen LogP contribution in [0.3, 0.4) is 0 Å². The van der Waals surface area contributed by atoms with Crippen LogP contribution in [0.1, 0.15) is 27.7 Å². The van der Waals surface area contributed by atoms with Crippen molar-refractivity contribution in [1.82, 2.24) is 15.0 Å². The number of halogens is 2. The van der Waals surface area contributed by atoms with Crippen LogP contribution in [0.25, 0.3) is 0 Å². The van der Waals surface area contributed by atoms with Gasteiger partial charge in [0.25, 0.3) is 20.2 Å². The van der Waals surface area contributed by atoms with Crippen LogP contribution in [0.4, 0.5) is 66.2 Å². The molecule has 5 N–H and O–H groups in total. The minimum Gasteiger partial charge on any atom is -0.494 e. The lowest BCUT2D eigenvalue weighted by atomic mass is 10.2. The van der Waals surface area contributed by atoms with Gasteiger partial charge in [-0.2, -0.15) is 42.0 Å². The summed E-state index contributed by atoms with van der Waals surface area (Å²) < 4.78 is 106. The van der Waals surface area contributed by atoms with Crippen molar-refractivity contribution >= 4 is 89.4 Å². The lowest BCUT2D eigenvalue weighted by molar-refractivity contribution is 0.322. The van der Waals surface area contributed by atoms with E-state index in [2.05, 4.69) is 46.0 Å². The van der Waals surface area contributed by atoms with Gasteiger partial charge in [0.15, 0.2) is 5.16 Å². The molecule has 0 unspecified atom stereocenters. The second-order valence-electron chi connectivity index (χ2n) is 13.1. The lowest BCUT2D eigenvalue weighted by Crippen LogP contribution is -2.22. The zero-order valence-electron chi connectivity index (χ0n) is 35.3. The quantitative estimate of drug-likeness (QED) is 0.0261. The summed E-state index contributed by atoms with van der Waals surface area (Å²) in [5.41, 5.74) is 1.94. The summed E-state index contributed by atoms with van der Waals surface area (Å²) in [5, 5.41) is 33.1. The number of benzene rings is 4. The fourth-order valence-electron chi connectivity index (χ4n) is 6.07. The molecule has 0 atom stereocenters. The maximum atomic E-state index is 14.3. The first-order valence-electron chi connectivity index (χ1n) is 19.3. The first-order chi connectivity index (χ1) is 30.5.